The third-order valence-corrected chi connectivity index (χ3v) is 0.783. The summed E-state index contributed by atoms with van der Waals surface area (Å²) in [5.41, 5.74) is -0.208. The van der Waals surface area contributed by atoms with Crippen LogP contribution in [0.5, 0.6) is 0 Å². The van der Waals surface area contributed by atoms with Crippen LogP contribution in [0.3, 0.4) is 0 Å². The first kappa shape index (κ1) is 5.68. The molecule has 0 spiro atoms. The Morgan fingerprint density at radius 3 is 2.44 bits per heavy atom. The largest absolute Gasteiger partial charge is 0.720 e. The van der Waals surface area contributed by atoms with E-state index in [-0.39, 0.29) is 5.71 Å². The molecule has 0 aromatic rings. The molecule has 9 heavy (non-hydrogen) atoms. The zero-order valence-corrected chi connectivity index (χ0v) is 4.44. The molecule has 0 saturated carbocycles. The van der Waals surface area contributed by atoms with E-state index in [0.29, 0.717) is 0 Å². The molecule has 0 aromatic heterocycles. The molecule has 1 aliphatic rings. The van der Waals surface area contributed by atoms with E-state index in [1.165, 1.54) is 0 Å². The molecular weight excluding hydrogens is 116 g/mol. The Bertz CT molecular complexity index is 136. The van der Waals surface area contributed by atoms with Gasteiger partial charge in [0.25, 0.3) is 0 Å². The molecule has 0 aliphatic carbocycles. The van der Waals surface area contributed by atoms with Crippen LogP contribution in [-0.4, -0.2) is 17.4 Å². The van der Waals surface area contributed by atoms with Crippen molar-refractivity contribution >= 4 is 17.4 Å². The number of rotatable bonds is 0. The Hall–Kier alpha value is -1.45. The van der Waals surface area contributed by atoms with Crippen LogP contribution in [0.2, 0.25) is 0 Å². The summed E-state index contributed by atoms with van der Waals surface area (Å²) in [6, 6.07) is 0. The molecule has 0 atom stereocenters. The first-order valence-corrected chi connectivity index (χ1v) is 2.27. The average molecular weight is 118 g/mol. The van der Waals surface area contributed by atoms with Gasteiger partial charge in [0, 0.05) is 0 Å². The normalized spacial score (nSPS) is 18.0. The fourth-order valence-electron chi connectivity index (χ4n) is 0.488. The van der Waals surface area contributed by atoms with Gasteiger partial charge in [0.2, 0.25) is 5.84 Å². The van der Waals surface area contributed by atoms with Gasteiger partial charge in [-0.25, -0.2) is 0 Å². The highest BCUT2D eigenvalue weighted by Crippen LogP contribution is 1.97. The standard InChI is InChI=1S/C5H2N4/c6-3-1-4(7)9-5(8)2-3/h1-2H. The second-order valence-corrected chi connectivity index (χ2v) is 1.54. The van der Waals surface area contributed by atoms with Crippen molar-refractivity contribution in [2.45, 2.75) is 0 Å². The van der Waals surface area contributed by atoms with E-state index in [4.69, 9.17) is 16.2 Å². The minimum absolute atomic E-state index is 0.208. The van der Waals surface area contributed by atoms with Crippen molar-refractivity contribution in [3.63, 3.8) is 0 Å². The quantitative estimate of drug-likeness (QED) is 0.373. The highest BCUT2D eigenvalue weighted by atomic mass is 15.0. The molecule has 1 saturated heterocycles. The molecule has 1 aliphatic heterocycles. The van der Waals surface area contributed by atoms with Crippen molar-refractivity contribution in [3.8, 4) is 0 Å². The molecule has 0 N–H and O–H groups in total. The van der Waals surface area contributed by atoms with Crippen LogP contribution in [-0.2, 0) is 0 Å². The van der Waals surface area contributed by atoms with E-state index in [1.54, 1.807) is 0 Å². The fraction of sp³-hybridized carbons (Fsp3) is 0. The minimum Gasteiger partial charge on any atom is -0.720 e. The van der Waals surface area contributed by atoms with Crippen molar-refractivity contribution in [2.24, 2.45) is 0 Å². The van der Waals surface area contributed by atoms with Crippen molar-refractivity contribution < 1.29 is 0 Å². The summed E-state index contributed by atoms with van der Waals surface area (Å²) in [6.45, 7) is 0. The number of nitrogens with zero attached hydrogens (tertiary/aromatic N) is 4. The summed E-state index contributed by atoms with van der Waals surface area (Å²) in [6.07, 6.45) is 2.05. The Morgan fingerprint density at radius 1 is 1.33 bits per heavy atom. The van der Waals surface area contributed by atoms with Gasteiger partial charge in [-0.3, -0.25) is 0 Å². The minimum atomic E-state index is -0.396. The smallest absolute Gasteiger partial charge is 0.248 e. The predicted octanol–water partition coefficient (Wildman–Crippen LogP) is -0.810. The third kappa shape index (κ3) is 1.22. The zero-order chi connectivity index (χ0) is 6.85. The molecule has 0 aromatic carbocycles. The monoisotopic (exact) mass is 118 g/mol. The molecule has 1 rings (SSSR count). The first-order valence-electron chi connectivity index (χ1n) is 2.27. The number of amidine groups is 2. The zero-order valence-electron chi connectivity index (χ0n) is 4.44. The lowest BCUT2D eigenvalue weighted by molar-refractivity contribution is 1.33. The van der Waals surface area contributed by atoms with Crippen LogP contribution >= 0.6 is 0 Å². The molecule has 0 unspecified atom stereocenters. The summed E-state index contributed by atoms with van der Waals surface area (Å²) < 4.78 is 0. The molecule has 1 fully saturated rings. The lowest BCUT2D eigenvalue weighted by atomic mass is 10.1. The Kier molecular flexibility index (Phi) is 1.14. The lowest BCUT2D eigenvalue weighted by Crippen LogP contribution is -2.33. The van der Waals surface area contributed by atoms with E-state index in [0.717, 1.165) is 12.8 Å². The Balaban J connectivity index is 2.64. The molecule has 0 amide bonds. The van der Waals surface area contributed by atoms with Gasteiger partial charge in [-0.1, -0.05) is 0 Å². The van der Waals surface area contributed by atoms with Crippen LogP contribution in [0.1, 0.15) is 0 Å². The van der Waals surface area contributed by atoms with E-state index in [9.17, 15) is 0 Å². The molecule has 1 heterocycles. The number of piperidine rings is 1. The maximum Gasteiger partial charge on any atom is 0.248 e. The molecule has 4 nitrogen and oxygen atoms in total. The van der Waals surface area contributed by atoms with Crippen molar-refractivity contribution in [1.29, 1.82) is 0 Å². The van der Waals surface area contributed by atoms with E-state index in [1.807, 2.05) is 0 Å². The molecule has 2 radical (unpaired) electrons. The van der Waals surface area contributed by atoms with Crippen molar-refractivity contribution in [3.05, 3.63) is 23.7 Å². The van der Waals surface area contributed by atoms with Crippen LogP contribution in [0.4, 0.5) is 0 Å². The van der Waals surface area contributed by atoms with E-state index in [2.05, 4.69) is 5.32 Å². The Morgan fingerprint density at radius 2 is 2.00 bits per heavy atom. The predicted molar refractivity (Wildman–Crippen MR) is 34.6 cm³/mol. The van der Waals surface area contributed by atoms with Crippen molar-refractivity contribution in [2.75, 3.05) is 0 Å². The maximum atomic E-state index is 8.63. The van der Waals surface area contributed by atoms with Gasteiger partial charge < -0.3 is 16.1 Å². The molecule has 42 valence electrons. The molecule has 4 heteroatoms. The first-order chi connectivity index (χ1) is 4.18. The van der Waals surface area contributed by atoms with Crippen molar-refractivity contribution in [1.82, 2.24) is 10.7 Å². The lowest BCUT2D eigenvalue weighted by Gasteiger charge is -2.08. The fourth-order valence-corrected chi connectivity index (χ4v) is 0.488. The number of hydrogen-bond acceptors (Lipinski definition) is 0. The SMILES string of the molecule is [N]=C1[CH+]C(=[N-])[CH+]C(=[N-])[N]1. The van der Waals surface area contributed by atoms with Gasteiger partial charge in [0.15, 0.2) is 18.6 Å². The summed E-state index contributed by atoms with van der Waals surface area (Å²) in [7, 11) is 0. The van der Waals surface area contributed by atoms with Crippen LogP contribution in [0, 0.1) is 12.8 Å². The van der Waals surface area contributed by atoms with Crippen LogP contribution in [0.25, 0.3) is 10.8 Å². The summed E-state index contributed by atoms with van der Waals surface area (Å²) in [5.74, 6) is -0.792. The van der Waals surface area contributed by atoms with Gasteiger partial charge in [-0.05, 0) is 0 Å². The topological polar surface area (TPSA) is 81.0 Å². The third-order valence-electron chi connectivity index (χ3n) is 0.783. The Labute approximate surface area is 52.8 Å². The van der Waals surface area contributed by atoms with E-state index < -0.39 is 11.7 Å². The maximum absolute atomic E-state index is 8.63. The van der Waals surface area contributed by atoms with Gasteiger partial charge >= 0.3 is 0 Å². The highest BCUT2D eigenvalue weighted by Gasteiger charge is 2.22. The van der Waals surface area contributed by atoms with Crippen LogP contribution < -0.4 is 10.7 Å². The van der Waals surface area contributed by atoms with Crippen LogP contribution in [0.15, 0.2) is 0 Å². The number of hydrogen-bond donors (Lipinski definition) is 0. The van der Waals surface area contributed by atoms with Gasteiger partial charge in [0.05, 0.1) is 0 Å². The van der Waals surface area contributed by atoms with Gasteiger partial charge in [-0.15, -0.1) is 5.41 Å². The summed E-state index contributed by atoms with van der Waals surface area (Å²) in [5, 5.41) is 28.9. The van der Waals surface area contributed by atoms with Gasteiger partial charge in [-0.2, -0.15) is 0 Å². The average Bonchev–Trinajstić information content (AvgIpc) is 1.59. The highest BCUT2D eigenvalue weighted by molar-refractivity contribution is 6.35. The molecule has 0 bridgehead atoms. The van der Waals surface area contributed by atoms with E-state index >= 15 is 0 Å². The summed E-state index contributed by atoms with van der Waals surface area (Å²) in [4.78, 5) is 0. The molecular formula is C5H2N4. The second-order valence-electron chi connectivity index (χ2n) is 1.54. The van der Waals surface area contributed by atoms with Gasteiger partial charge in [0.1, 0.15) is 5.84 Å². The summed E-state index contributed by atoms with van der Waals surface area (Å²) >= 11 is 0. The second kappa shape index (κ2) is 1.81.